The second-order valence-corrected chi connectivity index (χ2v) is 7.66. The van der Waals surface area contributed by atoms with E-state index >= 15 is 0 Å². The van der Waals surface area contributed by atoms with E-state index in [1.54, 1.807) is 17.1 Å². The molecule has 1 saturated heterocycles. The van der Waals surface area contributed by atoms with Crippen molar-refractivity contribution in [3.63, 3.8) is 0 Å². The lowest BCUT2D eigenvalue weighted by Gasteiger charge is -2.26. The zero-order valence-corrected chi connectivity index (χ0v) is 17.3. The second kappa shape index (κ2) is 11.2. The Morgan fingerprint density at radius 2 is 1.97 bits per heavy atom. The van der Waals surface area contributed by atoms with Gasteiger partial charge in [0.1, 0.15) is 12.1 Å². The average Bonchev–Trinajstić information content (AvgIpc) is 3.20. The quantitative estimate of drug-likeness (QED) is 0.496. The van der Waals surface area contributed by atoms with Crippen LogP contribution in [0.25, 0.3) is 6.08 Å². The number of amides is 3. The largest absolute Gasteiger partial charge is 0.351 e. The van der Waals surface area contributed by atoms with Gasteiger partial charge in [-0.25, -0.2) is 0 Å². The van der Waals surface area contributed by atoms with E-state index in [0.717, 1.165) is 12.0 Å². The summed E-state index contributed by atoms with van der Waals surface area (Å²) in [6.07, 6.45) is 6.75. The zero-order chi connectivity index (χ0) is 21.2. The molecule has 3 amide bonds. The van der Waals surface area contributed by atoms with Gasteiger partial charge in [0, 0.05) is 19.2 Å². The van der Waals surface area contributed by atoms with Crippen LogP contribution in [0.2, 0.25) is 0 Å². The normalized spacial score (nSPS) is 17.3. The second-order valence-electron chi connectivity index (χ2n) is 7.66. The number of nitrogens with zero attached hydrogens (tertiary/aromatic N) is 1. The first-order chi connectivity index (χ1) is 13.9. The molecule has 0 unspecified atom stereocenters. The minimum atomic E-state index is -0.625. The molecule has 0 spiro atoms. The van der Waals surface area contributed by atoms with E-state index in [1.165, 1.54) is 6.08 Å². The molecule has 0 aromatic heterocycles. The first-order valence-electron chi connectivity index (χ1n) is 10.1. The topological polar surface area (TPSA) is 78.5 Å². The van der Waals surface area contributed by atoms with Crippen molar-refractivity contribution in [2.75, 3.05) is 13.1 Å². The monoisotopic (exact) mass is 397 g/mol. The van der Waals surface area contributed by atoms with Crippen LogP contribution in [0.15, 0.2) is 49.1 Å². The molecular formula is C23H31N3O3. The lowest BCUT2D eigenvalue weighted by molar-refractivity contribution is -0.136. The van der Waals surface area contributed by atoms with Crippen LogP contribution in [-0.2, 0) is 14.4 Å². The molecule has 2 N–H and O–H groups in total. The third kappa shape index (κ3) is 6.89. The minimum Gasteiger partial charge on any atom is -0.351 e. The molecule has 0 radical (unpaired) electrons. The predicted molar refractivity (Wildman–Crippen MR) is 115 cm³/mol. The number of carbonyl (C=O) groups is 3. The Hall–Kier alpha value is -2.89. The summed E-state index contributed by atoms with van der Waals surface area (Å²) < 4.78 is 0. The molecule has 1 aromatic rings. The van der Waals surface area contributed by atoms with Gasteiger partial charge in [-0.15, -0.1) is 6.58 Å². The summed E-state index contributed by atoms with van der Waals surface area (Å²) in [6, 6.07) is 8.38. The van der Waals surface area contributed by atoms with E-state index in [-0.39, 0.29) is 23.6 Å². The SMILES string of the molecule is C=CCNC(=O)[C@H](CC(C)C)NC(=O)[C@H]1CCCN1C(=O)/C=C/c1ccccc1. The van der Waals surface area contributed by atoms with Gasteiger partial charge in [0.25, 0.3) is 0 Å². The third-order valence-electron chi connectivity index (χ3n) is 4.82. The maximum Gasteiger partial charge on any atom is 0.247 e. The highest BCUT2D eigenvalue weighted by molar-refractivity contribution is 5.97. The smallest absolute Gasteiger partial charge is 0.247 e. The highest BCUT2D eigenvalue weighted by atomic mass is 16.2. The van der Waals surface area contributed by atoms with Crippen LogP contribution in [0.3, 0.4) is 0 Å². The van der Waals surface area contributed by atoms with Gasteiger partial charge in [-0.1, -0.05) is 50.3 Å². The minimum absolute atomic E-state index is 0.192. The molecule has 2 atom stereocenters. The molecule has 1 aliphatic rings. The molecule has 1 aliphatic heterocycles. The average molecular weight is 398 g/mol. The number of hydrogen-bond donors (Lipinski definition) is 2. The van der Waals surface area contributed by atoms with Crippen LogP contribution in [0, 0.1) is 5.92 Å². The number of carbonyl (C=O) groups excluding carboxylic acids is 3. The molecule has 1 fully saturated rings. The van der Waals surface area contributed by atoms with E-state index in [1.807, 2.05) is 44.2 Å². The Labute approximate surface area is 173 Å². The molecule has 1 heterocycles. The summed E-state index contributed by atoms with van der Waals surface area (Å²) in [5, 5.41) is 5.60. The zero-order valence-electron chi connectivity index (χ0n) is 17.3. The van der Waals surface area contributed by atoms with Crippen molar-refractivity contribution in [2.24, 2.45) is 5.92 Å². The van der Waals surface area contributed by atoms with Crippen LogP contribution in [0.1, 0.15) is 38.7 Å². The number of nitrogens with one attached hydrogen (secondary N) is 2. The fourth-order valence-electron chi connectivity index (χ4n) is 3.40. The third-order valence-corrected chi connectivity index (χ3v) is 4.82. The van der Waals surface area contributed by atoms with Gasteiger partial charge in [0.2, 0.25) is 17.7 Å². The Kier molecular flexibility index (Phi) is 8.65. The van der Waals surface area contributed by atoms with Gasteiger partial charge in [0.05, 0.1) is 0 Å². The molecule has 2 rings (SSSR count). The Balaban J connectivity index is 2.03. The molecular weight excluding hydrogens is 366 g/mol. The summed E-state index contributed by atoms with van der Waals surface area (Å²) in [6.45, 7) is 8.48. The molecule has 1 aromatic carbocycles. The van der Waals surface area contributed by atoms with Gasteiger partial charge >= 0.3 is 0 Å². The fraction of sp³-hybridized carbons (Fsp3) is 0.435. The van der Waals surface area contributed by atoms with Crippen LogP contribution in [-0.4, -0.2) is 47.8 Å². The van der Waals surface area contributed by atoms with Crippen molar-refractivity contribution in [3.05, 3.63) is 54.6 Å². The number of likely N-dealkylation sites (tertiary alicyclic amines) is 1. The predicted octanol–water partition coefficient (Wildman–Crippen LogP) is 2.52. The van der Waals surface area contributed by atoms with Gasteiger partial charge in [-0.3, -0.25) is 14.4 Å². The molecule has 0 bridgehead atoms. The standard InChI is InChI=1S/C23H31N3O3/c1-4-14-24-22(28)19(16-17(2)3)25-23(29)20-11-8-15-26(20)21(27)13-12-18-9-6-5-7-10-18/h4-7,9-10,12-13,17,19-20H,1,8,11,14-16H2,2-3H3,(H,24,28)(H,25,29)/b13-12+/t19-,20+/m0/s1. The van der Waals surface area contributed by atoms with Gasteiger partial charge in [-0.05, 0) is 36.8 Å². The maximum atomic E-state index is 12.9. The lowest BCUT2D eigenvalue weighted by Crippen LogP contribution is -2.53. The van der Waals surface area contributed by atoms with Gasteiger partial charge in [0.15, 0.2) is 0 Å². The summed E-state index contributed by atoms with van der Waals surface area (Å²) in [7, 11) is 0. The van der Waals surface area contributed by atoms with Crippen molar-refractivity contribution < 1.29 is 14.4 Å². The number of rotatable bonds is 9. The highest BCUT2D eigenvalue weighted by Gasteiger charge is 2.35. The van der Waals surface area contributed by atoms with Gasteiger partial charge in [-0.2, -0.15) is 0 Å². The van der Waals surface area contributed by atoms with E-state index < -0.39 is 12.1 Å². The summed E-state index contributed by atoms with van der Waals surface area (Å²) in [5.41, 5.74) is 0.928. The van der Waals surface area contributed by atoms with E-state index in [9.17, 15) is 14.4 Å². The highest BCUT2D eigenvalue weighted by Crippen LogP contribution is 2.19. The van der Waals surface area contributed by atoms with Gasteiger partial charge < -0.3 is 15.5 Å². The molecule has 156 valence electrons. The van der Waals surface area contributed by atoms with Crippen molar-refractivity contribution in [2.45, 2.75) is 45.2 Å². The van der Waals surface area contributed by atoms with E-state index in [0.29, 0.717) is 25.9 Å². The molecule has 29 heavy (non-hydrogen) atoms. The lowest BCUT2D eigenvalue weighted by atomic mass is 10.0. The molecule has 0 aliphatic carbocycles. The molecule has 0 saturated carbocycles. The van der Waals surface area contributed by atoms with Crippen LogP contribution in [0.4, 0.5) is 0 Å². The summed E-state index contributed by atoms with van der Waals surface area (Å²) in [5.74, 6) is -0.455. The van der Waals surface area contributed by atoms with E-state index in [4.69, 9.17) is 0 Å². The van der Waals surface area contributed by atoms with E-state index in [2.05, 4.69) is 17.2 Å². The van der Waals surface area contributed by atoms with Crippen LogP contribution < -0.4 is 10.6 Å². The number of benzene rings is 1. The Bertz CT molecular complexity index is 743. The van der Waals surface area contributed by atoms with Crippen LogP contribution >= 0.6 is 0 Å². The number of hydrogen-bond acceptors (Lipinski definition) is 3. The summed E-state index contributed by atoms with van der Waals surface area (Å²) >= 11 is 0. The summed E-state index contributed by atoms with van der Waals surface area (Å²) in [4.78, 5) is 39.5. The Morgan fingerprint density at radius 1 is 1.24 bits per heavy atom. The maximum absolute atomic E-state index is 12.9. The van der Waals surface area contributed by atoms with Crippen molar-refractivity contribution in [3.8, 4) is 0 Å². The molecule has 6 heteroatoms. The van der Waals surface area contributed by atoms with Crippen molar-refractivity contribution in [1.82, 2.24) is 15.5 Å². The fourth-order valence-corrected chi connectivity index (χ4v) is 3.40. The van der Waals surface area contributed by atoms with Crippen molar-refractivity contribution in [1.29, 1.82) is 0 Å². The first kappa shape index (κ1) is 22.4. The molecule has 6 nitrogen and oxygen atoms in total. The van der Waals surface area contributed by atoms with Crippen molar-refractivity contribution >= 4 is 23.8 Å². The Morgan fingerprint density at radius 3 is 2.62 bits per heavy atom. The van der Waals surface area contributed by atoms with Crippen LogP contribution in [0.5, 0.6) is 0 Å². The first-order valence-corrected chi connectivity index (χ1v) is 10.1.